The molecule has 0 saturated carbocycles. The minimum Gasteiger partial charge on any atom is -0.265 e. The predicted molar refractivity (Wildman–Crippen MR) is 94.8 cm³/mol. The number of alkyl halides is 1. The fourth-order valence-electron chi connectivity index (χ4n) is 1.74. The topological polar surface area (TPSA) is 25.8 Å². The van der Waals surface area contributed by atoms with Crippen molar-refractivity contribution in [1.82, 2.24) is 9.97 Å². The van der Waals surface area contributed by atoms with Gasteiger partial charge in [0.2, 0.25) is 0 Å². The van der Waals surface area contributed by atoms with Crippen LogP contribution in [-0.4, -0.2) is 15.3 Å². The highest BCUT2D eigenvalue weighted by atomic mass is 79.9. The van der Waals surface area contributed by atoms with Crippen LogP contribution in [0.2, 0.25) is 0 Å². The maximum absolute atomic E-state index is 4.41. The van der Waals surface area contributed by atoms with Gasteiger partial charge in [0, 0.05) is 29.6 Å². The van der Waals surface area contributed by atoms with E-state index >= 15 is 0 Å². The third-order valence-electron chi connectivity index (χ3n) is 2.65. The number of hydrogen-bond donors (Lipinski definition) is 0. The lowest BCUT2D eigenvalue weighted by Gasteiger charge is -2.04. The third-order valence-corrected chi connectivity index (χ3v) is 3.21. The molecule has 104 valence electrons. The van der Waals surface area contributed by atoms with Gasteiger partial charge in [-0.1, -0.05) is 15.9 Å². The second kappa shape index (κ2) is 10.5. The standard InChI is InChI=1S/C14H15BrN2.2BrH/c15-7-2-1-3-14-11-13(6-10-17-14)12-4-8-16-9-5-12;;/h4-6,8-11H,1-3,7H2;2*1H. The van der Waals surface area contributed by atoms with E-state index < -0.39 is 0 Å². The second-order valence-corrected chi connectivity index (χ2v) is 4.71. The molecule has 0 aliphatic rings. The molecule has 0 atom stereocenters. The van der Waals surface area contributed by atoms with Crippen LogP contribution in [0.5, 0.6) is 0 Å². The molecule has 0 aliphatic heterocycles. The summed E-state index contributed by atoms with van der Waals surface area (Å²) in [7, 11) is 0. The highest BCUT2D eigenvalue weighted by Crippen LogP contribution is 2.18. The largest absolute Gasteiger partial charge is 0.265 e. The van der Waals surface area contributed by atoms with Crippen molar-refractivity contribution < 1.29 is 0 Å². The molecule has 0 saturated heterocycles. The number of aromatic nitrogens is 2. The molecule has 0 aromatic carbocycles. The molecule has 2 aromatic rings. The van der Waals surface area contributed by atoms with Gasteiger partial charge in [0.15, 0.2) is 0 Å². The van der Waals surface area contributed by atoms with Gasteiger partial charge in [-0.05, 0) is 54.7 Å². The van der Waals surface area contributed by atoms with Crippen molar-refractivity contribution in [2.75, 3.05) is 5.33 Å². The van der Waals surface area contributed by atoms with Crippen molar-refractivity contribution in [1.29, 1.82) is 0 Å². The molecule has 0 fully saturated rings. The van der Waals surface area contributed by atoms with Crippen molar-refractivity contribution >= 4 is 49.9 Å². The smallest absolute Gasteiger partial charge is 0.0409 e. The number of pyridine rings is 2. The number of halogens is 3. The Hall–Kier alpha value is -0.260. The molecule has 2 aromatic heterocycles. The van der Waals surface area contributed by atoms with E-state index in [0.717, 1.165) is 11.8 Å². The number of rotatable bonds is 5. The molecule has 0 N–H and O–H groups in total. The first-order valence-corrected chi connectivity index (χ1v) is 6.93. The van der Waals surface area contributed by atoms with Crippen molar-refractivity contribution in [2.45, 2.75) is 19.3 Å². The summed E-state index contributed by atoms with van der Waals surface area (Å²) in [4.78, 5) is 8.44. The zero-order valence-corrected chi connectivity index (χ0v) is 15.5. The van der Waals surface area contributed by atoms with Crippen LogP contribution < -0.4 is 0 Å². The molecule has 19 heavy (non-hydrogen) atoms. The van der Waals surface area contributed by atoms with E-state index in [-0.39, 0.29) is 34.0 Å². The lowest BCUT2D eigenvalue weighted by molar-refractivity contribution is 0.786. The molecule has 0 amide bonds. The predicted octanol–water partition coefficient (Wildman–Crippen LogP) is 5.02. The normalized spacial score (nSPS) is 9.32. The summed E-state index contributed by atoms with van der Waals surface area (Å²) in [6.07, 6.45) is 8.95. The average molecular weight is 453 g/mol. The first kappa shape index (κ1) is 18.7. The summed E-state index contributed by atoms with van der Waals surface area (Å²) in [5, 5.41) is 1.07. The highest BCUT2D eigenvalue weighted by Gasteiger charge is 2.00. The first-order valence-electron chi connectivity index (χ1n) is 5.81. The molecule has 5 heteroatoms. The van der Waals surface area contributed by atoms with Crippen LogP contribution in [0.3, 0.4) is 0 Å². The van der Waals surface area contributed by atoms with Crippen LogP contribution >= 0.6 is 49.9 Å². The van der Waals surface area contributed by atoms with Gasteiger partial charge < -0.3 is 0 Å². The van der Waals surface area contributed by atoms with Gasteiger partial charge in [-0.15, -0.1) is 34.0 Å². The Morgan fingerprint density at radius 2 is 1.58 bits per heavy atom. The molecule has 2 rings (SSSR count). The van der Waals surface area contributed by atoms with Crippen LogP contribution in [-0.2, 0) is 6.42 Å². The van der Waals surface area contributed by atoms with E-state index in [4.69, 9.17) is 0 Å². The first-order chi connectivity index (χ1) is 8.40. The van der Waals surface area contributed by atoms with Crippen LogP contribution in [0.25, 0.3) is 11.1 Å². The third kappa shape index (κ3) is 6.15. The van der Waals surface area contributed by atoms with Crippen LogP contribution in [0, 0.1) is 0 Å². The highest BCUT2D eigenvalue weighted by molar-refractivity contribution is 9.09. The Morgan fingerprint density at radius 1 is 0.895 bits per heavy atom. The molecule has 0 spiro atoms. The minimum absolute atomic E-state index is 0. The number of unbranched alkanes of at least 4 members (excludes halogenated alkanes) is 1. The molecule has 2 heterocycles. The number of nitrogens with zero attached hydrogens (tertiary/aromatic N) is 2. The van der Waals surface area contributed by atoms with Gasteiger partial charge in [-0.3, -0.25) is 9.97 Å². The lowest BCUT2D eigenvalue weighted by Crippen LogP contribution is -1.91. The van der Waals surface area contributed by atoms with E-state index in [9.17, 15) is 0 Å². The molecule has 0 bridgehead atoms. The van der Waals surface area contributed by atoms with Crippen LogP contribution in [0.15, 0.2) is 42.9 Å². The Kier molecular flexibility index (Phi) is 10.4. The molecule has 0 aliphatic carbocycles. The fourth-order valence-corrected chi connectivity index (χ4v) is 2.14. The molecular weight excluding hydrogens is 436 g/mol. The summed E-state index contributed by atoms with van der Waals surface area (Å²) in [5.41, 5.74) is 3.58. The second-order valence-electron chi connectivity index (χ2n) is 3.92. The molecule has 0 unspecified atom stereocenters. The van der Waals surface area contributed by atoms with E-state index in [2.05, 4.69) is 32.0 Å². The van der Waals surface area contributed by atoms with E-state index in [1.807, 2.05) is 36.8 Å². The minimum atomic E-state index is 0. The van der Waals surface area contributed by atoms with Crippen molar-refractivity contribution in [3.8, 4) is 11.1 Å². The number of hydrogen-bond acceptors (Lipinski definition) is 2. The summed E-state index contributed by atoms with van der Waals surface area (Å²) >= 11 is 3.45. The fraction of sp³-hybridized carbons (Fsp3) is 0.286. The SMILES string of the molecule is Br.Br.BrCCCCc1cc(-c2ccncc2)ccn1. The van der Waals surface area contributed by atoms with Gasteiger partial charge in [-0.2, -0.15) is 0 Å². The maximum Gasteiger partial charge on any atom is 0.0409 e. The van der Waals surface area contributed by atoms with Crippen molar-refractivity contribution in [2.24, 2.45) is 0 Å². The van der Waals surface area contributed by atoms with Gasteiger partial charge in [-0.25, -0.2) is 0 Å². The van der Waals surface area contributed by atoms with Gasteiger partial charge in [0.25, 0.3) is 0 Å². The Morgan fingerprint density at radius 3 is 2.26 bits per heavy atom. The number of aryl methyl sites for hydroxylation is 1. The van der Waals surface area contributed by atoms with Gasteiger partial charge in [0.05, 0.1) is 0 Å². The Labute approximate surface area is 143 Å². The summed E-state index contributed by atoms with van der Waals surface area (Å²) in [6, 6.07) is 8.27. The summed E-state index contributed by atoms with van der Waals surface area (Å²) in [6.45, 7) is 0. The zero-order valence-electron chi connectivity index (χ0n) is 10.5. The monoisotopic (exact) mass is 450 g/mol. The lowest BCUT2D eigenvalue weighted by atomic mass is 10.1. The van der Waals surface area contributed by atoms with Crippen LogP contribution in [0.4, 0.5) is 0 Å². The van der Waals surface area contributed by atoms with Crippen molar-refractivity contribution in [3.05, 3.63) is 48.5 Å². The van der Waals surface area contributed by atoms with Crippen molar-refractivity contribution in [3.63, 3.8) is 0 Å². The van der Waals surface area contributed by atoms with Gasteiger partial charge >= 0.3 is 0 Å². The van der Waals surface area contributed by atoms with E-state index in [0.29, 0.717) is 0 Å². The quantitative estimate of drug-likeness (QED) is 0.470. The summed E-state index contributed by atoms with van der Waals surface area (Å²) in [5.74, 6) is 0. The Bertz CT molecular complexity index is 463. The summed E-state index contributed by atoms with van der Waals surface area (Å²) < 4.78 is 0. The zero-order chi connectivity index (χ0) is 11.9. The van der Waals surface area contributed by atoms with Gasteiger partial charge in [0.1, 0.15) is 0 Å². The average Bonchev–Trinajstić information content (AvgIpc) is 2.41. The molecule has 2 nitrogen and oxygen atoms in total. The van der Waals surface area contributed by atoms with Crippen LogP contribution in [0.1, 0.15) is 18.5 Å². The molecule has 0 radical (unpaired) electrons. The Balaban J connectivity index is 0.00000162. The van der Waals surface area contributed by atoms with E-state index in [1.54, 1.807) is 0 Å². The maximum atomic E-state index is 4.41. The molecular formula is C14H17Br3N2. The van der Waals surface area contributed by atoms with E-state index in [1.165, 1.54) is 29.7 Å².